The number of urea groups is 1. The molecule has 0 bridgehead atoms. The minimum atomic E-state index is -0.456. The fourth-order valence-electron chi connectivity index (χ4n) is 2.52. The van der Waals surface area contributed by atoms with Gasteiger partial charge in [0.2, 0.25) is 0 Å². The molecular formula is C17H33N3O3. The molecule has 134 valence electrons. The molecular weight excluding hydrogens is 294 g/mol. The Morgan fingerprint density at radius 1 is 1.30 bits per heavy atom. The number of rotatable bonds is 4. The van der Waals surface area contributed by atoms with Crippen LogP contribution in [0.5, 0.6) is 0 Å². The van der Waals surface area contributed by atoms with Crippen LogP contribution in [0.4, 0.5) is 9.59 Å². The number of nitrogens with zero attached hydrogens (tertiary/aromatic N) is 2. The number of piperidine rings is 1. The third kappa shape index (κ3) is 7.10. The molecule has 1 atom stereocenters. The van der Waals surface area contributed by atoms with Crippen LogP contribution in [-0.4, -0.2) is 60.2 Å². The molecule has 1 aliphatic rings. The van der Waals surface area contributed by atoms with Gasteiger partial charge in [0.1, 0.15) is 5.60 Å². The van der Waals surface area contributed by atoms with E-state index in [4.69, 9.17) is 4.74 Å². The van der Waals surface area contributed by atoms with Crippen molar-refractivity contribution in [2.24, 2.45) is 5.92 Å². The van der Waals surface area contributed by atoms with Gasteiger partial charge in [-0.05, 0) is 52.9 Å². The van der Waals surface area contributed by atoms with Gasteiger partial charge in [0.15, 0.2) is 0 Å². The molecule has 23 heavy (non-hydrogen) atoms. The molecule has 6 heteroatoms. The molecule has 0 aromatic heterocycles. The highest BCUT2D eigenvalue weighted by Gasteiger charge is 2.28. The fourth-order valence-corrected chi connectivity index (χ4v) is 2.52. The normalized spacial score (nSPS) is 17.6. The molecule has 1 fully saturated rings. The molecule has 0 aromatic rings. The van der Waals surface area contributed by atoms with Crippen LogP contribution < -0.4 is 5.32 Å². The Hall–Kier alpha value is -1.46. The highest BCUT2D eigenvalue weighted by atomic mass is 16.6. The molecule has 0 radical (unpaired) electrons. The summed E-state index contributed by atoms with van der Waals surface area (Å²) in [4.78, 5) is 27.6. The Kier molecular flexibility index (Phi) is 7.16. The van der Waals surface area contributed by atoms with Gasteiger partial charge in [0, 0.05) is 32.7 Å². The van der Waals surface area contributed by atoms with Crippen LogP contribution in [0.15, 0.2) is 0 Å². The number of hydrogen-bond donors (Lipinski definition) is 1. The summed E-state index contributed by atoms with van der Waals surface area (Å²) < 4.78 is 5.40. The second-order valence-electron chi connectivity index (χ2n) is 7.55. The van der Waals surface area contributed by atoms with Crippen molar-refractivity contribution < 1.29 is 14.3 Å². The number of likely N-dealkylation sites (tertiary alicyclic amines) is 1. The number of nitrogens with one attached hydrogen (secondary N) is 1. The predicted molar refractivity (Wildman–Crippen MR) is 91.4 cm³/mol. The van der Waals surface area contributed by atoms with E-state index in [1.807, 2.05) is 34.7 Å². The van der Waals surface area contributed by atoms with Gasteiger partial charge < -0.3 is 19.9 Å². The third-order valence-corrected chi connectivity index (χ3v) is 4.13. The van der Waals surface area contributed by atoms with E-state index < -0.39 is 5.60 Å². The van der Waals surface area contributed by atoms with E-state index in [2.05, 4.69) is 12.2 Å². The van der Waals surface area contributed by atoms with Crippen LogP contribution in [0.1, 0.15) is 53.9 Å². The molecule has 1 unspecified atom stereocenters. The Balaban J connectivity index is 2.36. The van der Waals surface area contributed by atoms with Gasteiger partial charge in [-0.15, -0.1) is 0 Å². The zero-order valence-corrected chi connectivity index (χ0v) is 15.5. The molecule has 1 aliphatic heterocycles. The molecule has 3 amide bonds. The van der Waals surface area contributed by atoms with Crippen LogP contribution in [0.3, 0.4) is 0 Å². The average Bonchev–Trinajstić information content (AvgIpc) is 2.45. The molecule has 0 aliphatic carbocycles. The SMILES string of the molecule is CCC(C)NC(=O)N(C)CC1CCN(C(=O)OC(C)(C)C)CC1. The Morgan fingerprint density at radius 2 is 1.87 bits per heavy atom. The van der Waals surface area contributed by atoms with Gasteiger partial charge in [0.25, 0.3) is 0 Å². The maximum atomic E-state index is 12.0. The Morgan fingerprint density at radius 3 is 2.35 bits per heavy atom. The highest BCUT2D eigenvalue weighted by Crippen LogP contribution is 2.20. The van der Waals surface area contributed by atoms with E-state index in [0.717, 1.165) is 25.8 Å². The summed E-state index contributed by atoms with van der Waals surface area (Å²) in [7, 11) is 1.83. The van der Waals surface area contributed by atoms with Gasteiger partial charge in [0.05, 0.1) is 0 Å². The average molecular weight is 327 g/mol. The van der Waals surface area contributed by atoms with Crippen molar-refractivity contribution >= 4 is 12.1 Å². The van der Waals surface area contributed by atoms with Crippen molar-refractivity contribution in [2.75, 3.05) is 26.7 Å². The second-order valence-corrected chi connectivity index (χ2v) is 7.55. The standard InChI is InChI=1S/C17H33N3O3/c1-7-13(2)18-15(21)19(6)12-14-8-10-20(11-9-14)16(22)23-17(3,4)5/h13-14H,7-12H2,1-6H3,(H,18,21). The van der Waals surface area contributed by atoms with Gasteiger partial charge >= 0.3 is 12.1 Å². The van der Waals surface area contributed by atoms with Crippen LogP contribution in [-0.2, 0) is 4.74 Å². The second kappa shape index (κ2) is 8.41. The number of amides is 3. The maximum Gasteiger partial charge on any atom is 0.410 e. The predicted octanol–water partition coefficient (Wildman–Crippen LogP) is 3.07. The maximum absolute atomic E-state index is 12.0. The third-order valence-electron chi connectivity index (χ3n) is 4.13. The number of ether oxygens (including phenoxy) is 1. The van der Waals surface area contributed by atoms with Crippen molar-refractivity contribution in [3.8, 4) is 0 Å². The van der Waals surface area contributed by atoms with Crippen LogP contribution >= 0.6 is 0 Å². The Labute approximate surface area is 140 Å². The monoisotopic (exact) mass is 327 g/mol. The Bertz CT molecular complexity index is 398. The van der Waals surface area contributed by atoms with Crippen molar-refractivity contribution in [3.05, 3.63) is 0 Å². The lowest BCUT2D eigenvalue weighted by Crippen LogP contribution is -2.46. The smallest absolute Gasteiger partial charge is 0.410 e. The first-order valence-electron chi connectivity index (χ1n) is 8.62. The summed E-state index contributed by atoms with van der Waals surface area (Å²) >= 11 is 0. The van der Waals surface area contributed by atoms with E-state index in [-0.39, 0.29) is 18.2 Å². The summed E-state index contributed by atoms with van der Waals surface area (Å²) in [6.07, 6.45) is 2.49. The molecule has 1 N–H and O–H groups in total. The quantitative estimate of drug-likeness (QED) is 0.863. The van der Waals surface area contributed by atoms with Crippen molar-refractivity contribution in [1.29, 1.82) is 0 Å². The topological polar surface area (TPSA) is 61.9 Å². The van der Waals surface area contributed by atoms with Crippen molar-refractivity contribution in [2.45, 2.75) is 65.5 Å². The fraction of sp³-hybridized carbons (Fsp3) is 0.882. The molecule has 0 aromatic carbocycles. The number of hydrogen-bond acceptors (Lipinski definition) is 3. The van der Waals surface area contributed by atoms with Crippen molar-refractivity contribution in [3.63, 3.8) is 0 Å². The summed E-state index contributed by atoms with van der Waals surface area (Å²) in [5, 5.41) is 2.97. The summed E-state index contributed by atoms with van der Waals surface area (Å²) in [5.74, 6) is 0.432. The minimum absolute atomic E-state index is 0.0195. The van der Waals surface area contributed by atoms with Gasteiger partial charge in [-0.2, -0.15) is 0 Å². The van der Waals surface area contributed by atoms with Crippen LogP contribution in [0, 0.1) is 5.92 Å². The summed E-state index contributed by atoms with van der Waals surface area (Å²) in [6, 6.07) is 0.174. The van der Waals surface area contributed by atoms with Gasteiger partial charge in [-0.25, -0.2) is 9.59 Å². The summed E-state index contributed by atoms with van der Waals surface area (Å²) in [5.41, 5.74) is -0.456. The number of carbonyl (C=O) groups is 2. The van der Waals surface area contributed by atoms with E-state index >= 15 is 0 Å². The first-order valence-corrected chi connectivity index (χ1v) is 8.62. The van der Waals surface area contributed by atoms with E-state index in [1.165, 1.54) is 0 Å². The minimum Gasteiger partial charge on any atom is -0.444 e. The molecule has 1 rings (SSSR count). The molecule has 6 nitrogen and oxygen atoms in total. The molecule has 0 saturated carbocycles. The van der Waals surface area contributed by atoms with E-state index in [9.17, 15) is 9.59 Å². The van der Waals surface area contributed by atoms with Crippen LogP contribution in [0.25, 0.3) is 0 Å². The zero-order chi connectivity index (χ0) is 17.6. The zero-order valence-electron chi connectivity index (χ0n) is 15.5. The number of carbonyl (C=O) groups excluding carboxylic acids is 2. The van der Waals surface area contributed by atoms with Crippen molar-refractivity contribution in [1.82, 2.24) is 15.1 Å². The van der Waals surface area contributed by atoms with Crippen LogP contribution in [0.2, 0.25) is 0 Å². The lowest BCUT2D eigenvalue weighted by molar-refractivity contribution is 0.0176. The molecule has 1 heterocycles. The lowest BCUT2D eigenvalue weighted by atomic mass is 9.96. The first kappa shape index (κ1) is 19.6. The molecule has 0 spiro atoms. The lowest BCUT2D eigenvalue weighted by Gasteiger charge is -2.35. The van der Waals surface area contributed by atoms with E-state index in [0.29, 0.717) is 19.0 Å². The van der Waals surface area contributed by atoms with Gasteiger partial charge in [-0.3, -0.25) is 0 Å². The first-order chi connectivity index (χ1) is 10.6. The highest BCUT2D eigenvalue weighted by molar-refractivity contribution is 5.74. The van der Waals surface area contributed by atoms with E-state index in [1.54, 1.807) is 9.80 Å². The van der Waals surface area contributed by atoms with Gasteiger partial charge in [-0.1, -0.05) is 6.92 Å². The largest absolute Gasteiger partial charge is 0.444 e. The molecule has 1 saturated heterocycles. The summed E-state index contributed by atoms with van der Waals surface area (Å²) in [6.45, 7) is 11.8.